The number of pyridine rings is 1. The Labute approximate surface area is 194 Å². The molecule has 0 fully saturated rings. The maximum atomic E-state index is 12.6. The van der Waals surface area contributed by atoms with Gasteiger partial charge in [0.1, 0.15) is 0 Å². The van der Waals surface area contributed by atoms with E-state index in [1.165, 1.54) is 11.3 Å². The number of hydrogen-bond donors (Lipinski definition) is 3. The van der Waals surface area contributed by atoms with E-state index in [-0.39, 0.29) is 17.7 Å². The fraction of sp³-hybridized carbons (Fsp3) is 0.0400. The molecule has 0 aliphatic carbocycles. The lowest BCUT2D eigenvalue weighted by Crippen LogP contribution is -2.23. The predicted molar refractivity (Wildman–Crippen MR) is 129 cm³/mol. The number of thiophene rings is 1. The Bertz CT molecular complexity index is 1260. The summed E-state index contributed by atoms with van der Waals surface area (Å²) in [4.78, 5) is 42.0. The zero-order chi connectivity index (χ0) is 23.0. The molecule has 4 aromatic rings. The van der Waals surface area contributed by atoms with Gasteiger partial charge >= 0.3 is 0 Å². The van der Waals surface area contributed by atoms with Crippen molar-refractivity contribution in [2.24, 2.45) is 0 Å². The highest BCUT2D eigenvalue weighted by molar-refractivity contribution is 7.12. The van der Waals surface area contributed by atoms with E-state index in [9.17, 15) is 14.4 Å². The Morgan fingerprint density at radius 2 is 1.55 bits per heavy atom. The van der Waals surface area contributed by atoms with Crippen molar-refractivity contribution in [1.29, 1.82) is 0 Å². The normalized spacial score (nSPS) is 10.3. The molecule has 0 spiro atoms. The van der Waals surface area contributed by atoms with Gasteiger partial charge in [0.25, 0.3) is 17.7 Å². The van der Waals surface area contributed by atoms with Crippen LogP contribution in [0.3, 0.4) is 0 Å². The molecule has 0 radical (unpaired) electrons. The highest BCUT2D eigenvalue weighted by Gasteiger charge is 2.11. The fourth-order valence-electron chi connectivity index (χ4n) is 3.02. The van der Waals surface area contributed by atoms with Crippen LogP contribution in [0.1, 0.15) is 36.1 Å². The van der Waals surface area contributed by atoms with Gasteiger partial charge < -0.3 is 16.0 Å². The summed E-state index contributed by atoms with van der Waals surface area (Å²) in [5.41, 5.74) is 2.70. The van der Waals surface area contributed by atoms with E-state index >= 15 is 0 Å². The molecule has 3 N–H and O–H groups in total. The summed E-state index contributed by atoms with van der Waals surface area (Å²) in [5.74, 6) is -0.778. The molecule has 0 bridgehead atoms. The first-order valence-corrected chi connectivity index (χ1v) is 11.0. The Balaban J connectivity index is 1.35. The van der Waals surface area contributed by atoms with Gasteiger partial charge in [0.2, 0.25) is 0 Å². The Morgan fingerprint density at radius 3 is 2.27 bits per heavy atom. The predicted octanol–water partition coefficient (Wildman–Crippen LogP) is 4.58. The molecule has 2 heterocycles. The second kappa shape index (κ2) is 10.3. The van der Waals surface area contributed by atoms with Gasteiger partial charge in [-0.1, -0.05) is 18.2 Å². The highest BCUT2D eigenvalue weighted by Crippen LogP contribution is 2.16. The monoisotopic (exact) mass is 456 g/mol. The van der Waals surface area contributed by atoms with Crippen LogP contribution < -0.4 is 16.0 Å². The number of amides is 3. The molecular formula is C25H20N4O3S. The minimum absolute atomic E-state index is 0.194. The number of rotatable bonds is 7. The summed E-state index contributed by atoms with van der Waals surface area (Å²) in [6.07, 6.45) is 1.67. The van der Waals surface area contributed by atoms with Crippen LogP contribution in [0, 0.1) is 0 Å². The zero-order valence-corrected chi connectivity index (χ0v) is 18.3. The Morgan fingerprint density at radius 1 is 0.727 bits per heavy atom. The van der Waals surface area contributed by atoms with Crippen LogP contribution in [0.25, 0.3) is 0 Å². The van der Waals surface area contributed by atoms with E-state index in [1.54, 1.807) is 60.8 Å². The quantitative estimate of drug-likeness (QED) is 0.379. The van der Waals surface area contributed by atoms with Crippen molar-refractivity contribution in [3.63, 3.8) is 0 Å². The van der Waals surface area contributed by atoms with Gasteiger partial charge in [-0.05, 0) is 66.0 Å². The number of nitrogens with one attached hydrogen (secondary N) is 3. The van der Waals surface area contributed by atoms with Crippen LogP contribution in [0.15, 0.2) is 90.4 Å². The van der Waals surface area contributed by atoms with E-state index in [4.69, 9.17) is 0 Å². The Hall–Kier alpha value is -4.30. The van der Waals surface area contributed by atoms with Crippen molar-refractivity contribution in [3.8, 4) is 0 Å². The zero-order valence-electron chi connectivity index (χ0n) is 17.4. The number of benzene rings is 2. The summed E-state index contributed by atoms with van der Waals surface area (Å²) < 4.78 is 0. The molecule has 164 valence electrons. The fourth-order valence-corrected chi connectivity index (χ4v) is 3.64. The minimum Gasteiger partial charge on any atom is -0.346 e. The minimum atomic E-state index is -0.322. The molecule has 0 saturated carbocycles. The first kappa shape index (κ1) is 21.9. The van der Waals surface area contributed by atoms with Crippen LogP contribution in [0.4, 0.5) is 11.4 Å². The van der Waals surface area contributed by atoms with Gasteiger partial charge in [0, 0.05) is 28.7 Å². The summed E-state index contributed by atoms with van der Waals surface area (Å²) in [6, 6.07) is 22.3. The van der Waals surface area contributed by atoms with Gasteiger partial charge in [-0.3, -0.25) is 19.4 Å². The van der Waals surface area contributed by atoms with Crippen molar-refractivity contribution in [3.05, 3.63) is 112 Å². The van der Waals surface area contributed by atoms with Crippen LogP contribution in [0.5, 0.6) is 0 Å². The van der Waals surface area contributed by atoms with Gasteiger partial charge in [-0.25, -0.2) is 0 Å². The van der Waals surface area contributed by atoms with E-state index in [0.717, 1.165) is 5.69 Å². The van der Waals surface area contributed by atoms with Crippen molar-refractivity contribution in [2.45, 2.75) is 6.54 Å². The lowest BCUT2D eigenvalue weighted by Gasteiger charge is -2.09. The number of anilines is 2. The molecular weight excluding hydrogens is 436 g/mol. The summed E-state index contributed by atoms with van der Waals surface area (Å²) in [5, 5.41) is 10.2. The molecule has 0 aliphatic heterocycles. The third-order valence-electron chi connectivity index (χ3n) is 4.69. The van der Waals surface area contributed by atoms with Crippen LogP contribution in [0.2, 0.25) is 0 Å². The lowest BCUT2D eigenvalue weighted by molar-refractivity contribution is 0.0948. The molecule has 0 unspecified atom stereocenters. The van der Waals surface area contributed by atoms with Crippen molar-refractivity contribution >= 4 is 40.4 Å². The van der Waals surface area contributed by atoms with E-state index in [1.807, 2.05) is 29.6 Å². The van der Waals surface area contributed by atoms with Crippen LogP contribution in [-0.2, 0) is 6.54 Å². The number of aromatic nitrogens is 1. The SMILES string of the molecule is O=C(NCc1ccccn1)c1cccc(NC(=O)c2ccc(NC(=O)c3cccs3)cc2)c1. The van der Waals surface area contributed by atoms with Crippen LogP contribution in [-0.4, -0.2) is 22.7 Å². The molecule has 0 aliphatic rings. The van der Waals surface area contributed by atoms with E-state index in [0.29, 0.717) is 33.9 Å². The molecule has 4 rings (SSSR count). The van der Waals surface area contributed by atoms with E-state index in [2.05, 4.69) is 20.9 Å². The second-order valence-corrected chi connectivity index (χ2v) is 8.00. The summed E-state index contributed by atoms with van der Waals surface area (Å²) in [6.45, 7) is 0.311. The summed E-state index contributed by atoms with van der Waals surface area (Å²) >= 11 is 1.36. The van der Waals surface area contributed by atoms with Crippen molar-refractivity contribution in [2.75, 3.05) is 10.6 Å². The van der Waals surface area contributed by atoms with Gasteiger partial charge in [-0.2, -0.15) is 0 Å². The average molecular weight is 457 g/mol. The molecule has 33 heavy (non-hydrogen) atoms. The number of nitrogens with zero attached hydrogens (tertiary/aromatic N) is 1. The third kappa shape index (κ3) is 5.90. The highest BCUT2D eigenvalue weighted by atomic mass is 32.1. The third-order valence-corrected chi connectivity index (χ3v) is 5.56. The number of carbonyl (C=O) groups is 3. The molecule has 8 heteroatoms. The molecule has 3 amide bonds. The smallest absolute Gasteiger partial charge is 0.265 e. The average Bonchev–Trinajstić information content (AvgIpc) is 3.39. The standard InChI is InChI=1S/C25H20N4O3S/c30-23(27-16-21-6-1-2-13-26-21)18-5-3-7-20(15-18)29-24(31)17-9-11-19(12-10-17)28-25(32)22-8-4-14-33-22/h1-15H,16H2,(H,27,30)(H,28,32)(H,29,31). The maximum absolute atomic E-state index is 12.6. The number of hydrogen-bond acceptors (Lipinski definition) is 5. The van der Waals surface area contributed by atoms with Crippen LogP contribution >= 0.6 is 11.3 Å². The van der Waals surface area contributed by atoms with Crippen molar-refractivity contribution in [1.82, 2.24) is 10.3 Å². The van der Waals surface area contributed by atoms with Gasteiger partial charge in [0.15, 0.2) is 0 Å². The molecule has 2 aromatic carbocycles. The molecule has 7 nitrogen and oxygen atoms in total. The maximum Gasteiger partial charge on any atom is 0.265 e. The topological polar surface area (TPSA) is 100 Å². The molecule has 0 saturated heterocycles. The molecule has 0 atom stereocenters. The van der Waals surface area contributed by atoms with Gasteiger partial charge in [-0.15, -0.1) is 11.3 Å². The lowest BCUT2D eigenvalue weighted by atomic mass is 10.1. The van der Waals surface area contributed by atoms with Crippen molar-refractivity contribution < 1.29 is 14.4 Å². The largest absolute Gasteiger partial charge is 0.346 e. The van der Waals surface area contributed by atoms with Gasteiger partial charge in [0.05, 0.1) is 17.1 Å². The second-order valence-electron chi connectivity index (χ2n) is 7.05. The Kier molecular flexibility index (Phi) is 6.87. The number of carbonyl (C=O) groups excluding carboxylic acids is 3. The molecule has 2 aromatic heterocycles. The van der Waals surface area contributed by atoms with E-state index < -0.39 is 0 Å². The first-order valence-electron chi connectivity index (χ1n) is 10.1. The first-order chi connectivity index (χ1) is 16.1. The summed E-state index contributed by atoms with van der Waals surface area (Å²) in [7, 11) is 0.